The predicted octanol–water partition coefficient (Wildman–Crippen LogP) is 1.85. The SMILES string of the molecule is CCC(C)NCc1ccnc2nc[nH]c12. The Labute approximate surface area is 89.1 Å². The van der Waals surface area contributed by atoms with E-state index in [1.807, 2.05) is 6.07 Å². The Morgan fingerprint density at radius 2 is 2.33 bits per heavy atom. The predicted molar refractivity (Wildman–Crippen MR) is 60.5 cm³/mol. The van der Waals surface area contributed by atoms with E-state index < -0.39 is 0 Å². The summed E-state index contributed by atoms with van der Waals surface area (Å²) in [5, 5.41) is 3.45. The van der Waals surface area contributed by atoms with Gasteiger partial charge >= 0.3 is 0 Å². The molecule has 4 heteroatoms. The standard InChI is InChI=1S/C11H16N4/c1-3-8(2)13-6-9-4-5-12-11-10(9)14-7-15-11/h4-5,7-8,13H,3,6H2,1-2H3,(H,12,14,15). The second kappa shape index (κ2) is 4.40. The van der Waals surface area contributed by atoms with Gasteiger partial charge in [-0.2, -0.15) is 0 Å². The van der Waals surface area contributed by atoms with E-state index in [-0.39, 0.29) is 0 Å². The van der Waals surface area contributed by atoms with Gasteiger partial charge in [0.1, 0.15) is 0 Å². The van der Waals surface area contributed by atoms with Crippen molar-refractivity contribution in [3.8, 4) is 0 Å². The molecule has 0 aliphatic carbocycles. The lowest BCUT2D eigenvalue weighted by molar-refractivity contribution is 0.535. The zero-order valence-electron chi connectivity index (χ0n) is 9.12. The zero-order valence-corrected chi connectivity index (χ0v) is 9.12. The smallest absolute Gasteiger partial charge is 0.177 e. The number of aromatic amines is 1. The number of hydrogen-bond acceptors (Lipinski definition) is 3. The summed E-state index contributed by atoms with van der Waals surface area (Å²) >= 11 is 0. The number of nitrogens with zero attached hydrogens (tertiary/aromatic N) is 2. The van der Waals surface area contributed by atoms with Crippen LogP contribution in [0.25, 0.3) is 11.2 Å². The number of hydrogen-bond donors (Lipinski definition) is 2. The van der Waals surface area contributed by atoms with Gasteiger partial charge in [-0.3, -0.25) is 0 Å². The van der Waals surface area contributed by atoms with E-state index >= 15 is 0 Å². The second-order valence-electron chi connectivity index (χ2n) is 3.76. The summed E-state index contributed by atoms with van der Waals surface area (Å²) in [5.41, 5.74) is 3.05. The molecule has 0 saturated heterocycles. The van der Waals surface area contributed by atoms with Crippen LogP contribution in [0.1, 0.15) is 25.8 Å². The van der Waals surface area contributed by atoms with Crippen LogP contribution in [0.3, 0.4) is 0 Å². The van der Waals surface area contributed by atoms with Crippen molar-refractivity contribution in [2.24, 2.45) is 0 Å². The zero-order chi connectivity index (χ0) is 10.7. The molecule has 0 aromatic carbocycles. The molecule has 80 valence electrons. The summed E-state index contributed by atoms with van der Waals surface area (Å²) in [6.07, 6.45) is 4.62. The van der Waals surface area contributed by atoms with Crippen molar-refractivity contribution in [1.29, 1.82) is 0 Å². The van der Waals surface area contributed by atoms with Gasteiger partial charge in [0.05, 0.1) is 11.8 Å². The molecule has 2 N–H and O–H groups in total. The highest BCUT2D eigenvalue weighted by Gasteiger charge is 2.04. The lowest BCUT2D eigenvalue weighted by Crippen LogP contribution is -2.24. The molecule has 0 amide bonds. The molecule has 1 atom stereocenters. The largest absolute Gasteiger partial charge is 0.343 e. The van der Waals surface area contributed by atoms with Crippen molar-refractivity contribution in [3.63, 3.8) is 0 Å². The topological polar surface area (TPSA) is 53.6 Å². The minimum atomic E-state index is 0.538. The van der Waals surface area contributed by atoms with Crippen LogP contribution in [0.15, 0.2) is 18.6 Å². The number of aromatic nitrogens is 3. The molecule has 4 nitrogen and oxygen atoms in total. The van der Waals surface area contributed by atoms with Crippen molar-refractivity contribution in [2.75, 3.05) is 0 Å². The van der Waals surface area contributed by atoms with E-state index in [0.29, 0.717) is 6.04 Å². The minimum Gasteiger partial charge on any atom is -0.343 e. The summed E-state index contributed by atoms with van der Waals surface area (Å²) < 4.78 is 0. The summed E-state index contributed by atoms with van der Waals surface area (Å²) in [4.78, 5) is 11.4. The van der Waals surface area contributed by atoms with Gasteiger partial charge in [-0.05, 0) is 25.0 Å². The number of rotatable bonds is 4. The molecule has 0 saturated carbocycles. The summed E-state index contributed by atoms with van der Waals surface area (Å²) in [7, 11) is 0. The van der Waals surface area contributed by atoms with E-state index in [1.54, 1.807) is 12.5 Å². The van der Waals surface area contributed by atoms with Gasteiger partial charge in [-0.25, -0.2) is 9.97 Å². The highest BCUT2D eigenvalue weighted by Crippen LogP contribution is 2.11. The first kappa shape index (κ1) is 10.1. The molecule has 0 bridgehead atoms. The minimum absolute atomic E-state index is 0.538. The fourth-order valence-electron chi connectivity index (χ4n) is 1.48. The van der Waals surface area contributed by atoms with Gasteiger partial charge < -0.3 is 10.3 Å². The molecular weight excluding hydrogens is 188 g/mol. The maximum atomic E-state index is 4.18. The van der Waals surface area contributed by atoms with Gasteiger partial charge in [-0.15, -0.1) is 0 Å². The van der Waals surface area contributed by atoms with Crippen LogP contribution in [-0.2, 0) is 6.54 Å². The van der Waals surface area contributed by atoms with Crippen LogP contribution in [0.4, 0.5) is 0 Å². The van der Waals surface area contributed by atoms with Crippen LogP contribution < -0.4 is 5.32 Å². The third-order valence-electron chi connectivity index (χ3n) is 2.67. The third kappa shape index (κ3) is 2.15. The van der Waals surface area contributed by atoms with E-state index in [0.717, 1.165) is 24.1 Å². The van der Waals surface area contributed by atoms with Crippen molar-refractivity contribution >= 4 is 11.2 Å². The van der Waals surface area contributed by atoms with Crippen LogP contribution >= 0.6 is 0 Å². The van der Waals surface area contributed by atoms with Crippen molar-refractivity contribution in [3.05, 3.63) is 24.2 Å². The fourth-order valence-corrected chi connectivity index (χ4v) is 1.48. The molecule has 2 rings (SSSR count). The fraction of sp³-hybridized carbons (Fsp3) is 0.455. The first-order valence-electron chi connectivity index (χ1n) is 5.31. The van der Waals surface area contributed by atoms with Gasteiger partial charge in [0.2, 0.25) is 0 Å². The number of imidazole rings is 1. The maximum Gasteiger partial charge on any atom is 0.177 e. The summed E-state index contributed by atoms with van der Waals surface area (Å²) in [6, 6.07) is 2.56. The molecule has 2 aromatic heterocycles. The Kier molecular flexibility index (Phi) is 2.97. The maximum absolute atomic E-state index is 4.18. The molecule has 0 spiro atoms. The molecule has 0 radical (unpaired) electrons. The van der Waals surface area contributed by atoms with Crippen molar-refractivity contribution < 1.29 is 0 Å². The highest BCUT2D eigenvalue weighted by molar-refractivity contribution is 5.73. The molecule has 2 aromatic rings. The first-order chi connectivity index (χ1) is 7.31. The number of fused-ring (bicyclic) bond motifs is 1. The second-order valence-corrected chi connectivity index (χ2v) is 3.76. The Balaban J connectivity index is 2.17. The van der Waals surface area contributed by atoms with Gasteiger partial charge in [0.15, 0.2) is 5.65 Å². The number of H-pyrrole nitrogens is 1. The first-order valence-corrected chi connectivity index (χ1v) is 5.31. The Hall–Kier alpha value is -1.42. The van der Waals surface area contributed by atoms with E-state index in [1.165, 1.54) is 5.56 Å². The summed E-state index contributed by atoms with van der Waals surface area (Å²) in [6.45, 7) is 5.22. The average Bonchev–Trinajstić information content (AvgIpc) is 2.74. The molecular formula is C11H16N4. The van der Waals surface area contributed by atoms with Crippen LogP contribution in [0.5, 0.6) is 0 Å². The molecule has 15 heavy (non-hydrogen) atoms. The van der Waals surface area contributed by atoms with E-state index in [9.17, 15) is 0 Å². The van der Waals surface area contributed by atoms with Crippen molar-refractivity contribution in [2.45, 2.75) is 32.9 Å². The van der Waals surface area contributed by atoms with Crippen LogP contribution in [0.2, 0.25) is 0 Å². The summed E-state index contributed by atoms with van der Waals surface area (Å²) in [5.74, 6) is 0. The van der Waals surface area contributed by atoms with Gasteiger partial charge in [-0.1, -0.05) is 6.92 Å². The van der Waals surface area contributed by atoms with Crippen molar-refractivity contribution in [1.82, 2.24) is 20.3 Å². The number of pyridine rings is 1. The van der Waals surface area contributed by atoms with E-state index in [4.69, 9.17) is 0 Å². The Bertz CT molecular complexity index is 435. The van der Waals surface area contributed by atoms with E-state index in [2.05, 4.69) is 34.1 Å². The highest BCUT2D eigenvalue weighted by atomic mass is 15.0. The lowest BCUT2D eigenvalue weighted by Gasteiger charge is -2.11. The Morgan fingerprint density at radius 3 is 3.13 bits per heavy atom. The van der Waals surface area contributed by atoms with Crippen LogP contribution in [-0.4, -0.2) is 21.0 Å². The normalized spacial score (nSPS) is 13.2. The molecule has 1 unspecified atom stereocenters. The molecule has 0 aliphatic rings. The third-order valence-corrected chi connectivity index (χ3v) is 2.67. The molecule has 0 aliphatic heterocycles. The molecule has 2 heterocycles. The molecule has 0 fully saturated rings. The Morgan fingerprint density at radius 1 is 1.47 bits per heavy atom. The quantitative estimate of drug-likeness (QED) is 0.799. The monoisotopic (exact) mass is 204 g/mol. The van der Waals surface area contributed by atoms with Gasteiger partial charge in [0.25, 0.3) is 0 Å². The van der Waals surface area contributed by atoms with Crippen LogP contribution in [0, 0.1) is 0 Å². The average molecular weight is 204 g/mol. The van der Waals surface area contributed by atoms with Gasteiger partial charge in [0, 0.05) is 18.8 Å². The lowest BCUT2D eigenvalue weighted by atomic mass is 10.2. The number of nitrogens with one attached hydrogen (secondary N) is 2.